The van der Waals surface area contributed by atoms with Crippen LogP contribution in [0.15, 0.2) is 24.3 Å². The number of fused-ring (bicyclic) bond motifs is 1. The van der Waals surface area contributed by atoms with Gasteiger partial charge in [0.2, 0.25) is 0 Å². The lowest BCUT2D eigenvalue weighted by molar-refractivity contribution is -0.0469. The first-order valence-corrected chi connectivity index (χ1v) is 21.4. The fraction of sp³-hybridized carbons (Fsp3) is 0.864. The Morgan fingerprint density at radius 2 is 0.755 bits per heavy atom. The van der Waals surface area contributed by atoms with Crippen molar-refractivity contribution < 1.29 is 20.4 Å². The van der Waals surface area contributed by atoms with Crippen molar-refractivity contribution in [3.8, 4) is 0 Å². The Bertz CT molecular complexity index is 1050. The maximum absolute atomic E-state index is 10.6. The third-order valence-electron chi connectivity index (χ3n) is 14.8. The summed E-state index contributed by atoms with van der Waals surface area (Å²) in [6, 6.07) is 8.70. The standard InChI is InChI=1S/C13H17NO.C11H20O.2C10H18O/c15-13(12-6-3-7-14-12)8-10-4-1-2-5-11(10)9-13;12-11(8-4-1-5-9-11)10-6-2-3-7-10;2*11-10(7-3-4-8-10)9-5-1-2-6-9/h1-2,4-5,12,14-15H,3,6-9H2;10,12H,1-9H2;2*9,11H,1-8H2/t12-;;;/m0.../s1. The van der Waals surface area contributed by atoms with Crippen LogP contribution in [0.1, 0.15) is 184 Å². The molecule has 9 rings (SSSR count). The van der Waals surface area contributed by atoms with Gasteiger partial charge < -0.3 is 25.7 Å². The highest BCUT2D eigenvalue weighted by atomic mass is 16.3. The molecule has 7 fully saturated rings. The molecule has 1 aromatic rings. The van der Waals surface area contributed by atoms with Gasteiger partial charge in [0.15, 0.2) is 0 Å². The molecule has 5 N–H and O–H groups in total. The van der Waals surface area contributed by atoms with Gasteiger partial charge in [0.25, 0.3) is 0 Å². The van der Waals surface area contributed by atoms with Gasteiger partial charge >= 0.3 is 0 Å². The molecule has 8 aliphatic rings. The Labute approximate surface area is 299 Å². The number of benzene rings is 1. The van der Waals surface area contributed by atoms with Crippen LogP contribution >= 0.6 is 0 Å². The van der Waals surface area contributed by atoms with Crippen molar-refractivity contribution in [2.45, 2.75) is 215 Å². The van der Waals surface area contributed by atoms with Gasteiger partial charge in [-0.2, -0.15) is 0 Å². The van der Waals surface area contributed by atoms with Crippen molar-refractivity contribution in [1.82, 2.24) is 5.32 Å². The molecule has 278 valence electrons. The Hall–Kier alpha value is -0.980. The third-order valence-corrected chi connectivity index (χ3v) is 14.8. The van der Waals surface area contributed by atoms with Gasteiger partial charge in [0, 0.05) is 18.9 Å². The van der Waals surface area contributed by atoms with Crippen LogP contribution in [0.2, 0.25) is 0 Å². The molecule has 1 atom stereocenters. The highest BCUT2D eigenvalue weighted by molar-refractivity contribution is 5.36. The molecule has 0 unspecified atom stereocenters. The molecule has 0 bridgehead atoms. The third kappa shape index (κ3) is 9.53. The average molecular weight is 680 g/mol. The zero-order valence-electron chi connectivity index (χ0n) is 31.1. The number of hydrogen-bond donors (Lipinski definition) is 5. The van der Waals surface area contributed by atoms with Crippen LogP contribution in [-0.2, 0) is 12.8 Å². The molecule has 5 nitrogen and oxygen atoms in total. The van der Waals surface area contributed by atoms with Crippen LogP contribution in [-0.4, -0.2) is 55.4 Å². The van der Waals surface area contributed by atoms with E-state index in [-0.39, 0.29) is 16.8 Å². The first-order chi connectivity index (χ1) is 23.7. The van der Waals surface area contributed by atoms with Gasteiger partial charge in [0.05, 0.1) is 22.4 Å². The molecule has 49 heavy (non-hydrogen) atoms. The highest BCUT2D eigenvalue weighted by Crippen LogP contribution is 2.45. The molecule has 1 aliphatic heterocycles. The molecule has 7 aliphatic carbocycles. The van der Waals surface area contributed by atoms with E-state index in [4.69, 9.17) is 0 Å². The lowest BCUT2D eigenvalue weighted by Gasteiger charge is -2.37. The van der Waals surface area contributed by atoms with Crippen molar-refractivity contribution >= 4 is 0 Å². The lowest BCUT2D eigenvalue weighted by atomic mass is 9.75. The summed E-state index contributed by atoms with van der Waals surface area (Å²) < 4.78 is 0. The molecular weight excluding hydrogens is 606 g/mol. The molecule has 1 aromatic carbocycles. The molecule has 0 radical (unpaired) electrons. The van der Waals surface area contributed by atoms with Crippen LogP contribution in [0.3, 0.4) is 0 Å². The van der Waals surface area contributed by atoms with Crippen LogP contribution in [0.4, 0.5) is 0 Å². The van der Waals surface area contributed by atoms with E-state index in [9.17, 15) is 20.4 Å². The van der Waals surface area contributed by atoms with Gasteiger partial charge in [-0.05, 0) is 125 Å². The van der Waals surface area contributed by atoms with E-state index >= 15 is 0 Å². The number of hydrogen-bond acceptors (Lipinski definition) is 5. The predicted molar refractivity (Wildman–Crippen MR) is 201 cm³/mol. The van der Waals surface area contributed by atoms with Gasteiger partial charge in [-0.3, -0.25) is 0 Å². The normalized spacial score (nSPS) is 30.2. The second-order valence-electron chi connectivity index (χ2n) is 18.1. The van der Waals surface area contributed by atoms with E-state index in [1.165, 1.54) is 140 Å². The van der Waals surface area contributed by atoms with E-state index < -0.39 is 5.60 Å². The Morgan fingerprint density at radius 1 is 0.408 bits per heavy atom. The van der Waals surface area contributed by atoms with Crippen molar-refractivity contribution in [3.05, 3.63) is 35.4 Å². The molecule has 0 aromatic heterocycles. The summed E-state index contributed by atoms with van der Waals surface area (Å²) in [5, 5.41) is 44.8. The van der Waals surface area contributed by atoms with Gasteiger partial charge in [-0.25, -0.2) is 0 Å². The van der Waals surface area contributed by atoms with Crippen molar-refractivity contribution in [2.24, 2.45) is 17.8 Å². The zero-order valence-corrected chi connectivity index (χ0v) is 31.1. The number of aliphatic hydroxyl groups is 4. The van der Waals surface area contributed by atoms with E-state index in [2.05, 4.69) is 29.6 Å². The Balaban J connectivity index is 0.000000114. The number of nitrogens with one attached hydrogen (secondary N) is 1. The summed E-state index contributed by atoms with van der Waals surface area (Å²) >= 11 is 0. The summed E-state index contributed by atoms with van der Waals surface area (Å²) in [5.41, 5.74) is 1.43. The summed E-state index contributed by atoms with van der Waals surface area (Å²) in [6.07, 6.45) is 35.2. The predicted octanol–water partition coefficient (Wildman–Crippen LogP) is 9.10. The molecule has 0 spiro atoms. The summed E-state index contributed by atoms with van der Waals surface area (Å²) in [7, 11) is 0. The van der Waals surface area contributed by atoms with E-state index in [1.54, 1.807) is 0 Å². The second kappa shape index (κ2) is 17.2. The van der Waals surface area contributed by atoms with E-state index in [1.807, 2.05) is 0 Å². The second-order valence-corrected chi connectivity index (χ2v) is 18.1. The van der Waals surface area contributed by atoms with Gasteiger partial charge in [-0.1, -0.05) is 108 Å². The van der Waals surface area contributed by atoms with Gasteiger partial charge in [0.1, 0.15) is 0 Å². The molecule has 5 heteroatoms. The van der Waals surface area contributed by atoms with E-state index in [0.29, 0.717) is 23.8 Å². The Morgan fingerprint density at radius 3 is 1.08 bits per heavy atom. The first kappa shape index (κ1) is 37.8. The Kier molecular flexibility index (Phi) is 13.3. The quantitative estimate of drug-likeness (QED) is 0.219. The van der Waals surface area contributed by atoms with Gasteiger partial charge in [-0.15, -0.1) is 0 Å². The highest BCUT2D eigenvalue weighted by Gasteiger charge is 2.44. The van der Waals surface area contributed by atoms with Crippen molar-refractivity contribution in [2.75, 3.05) is 6.54 Å². The summed E-state index contributed by atoms with van der Waals surface area (Å²) in [5.74, 6) is 1.97. The smallest absolute Gasteiger partial charge is 0.0880 e. The van der Waals surface area contributed by atoms with E-state index in [0.717, 1.165) is 64.3 Å². The molecular formula is C44H73NO4. The van der Waals surface area contributed by atoms with Crippen LogP contribution in [0.5, 0.6) is 0 Å². The summed E-state index contributed by atoms with van der Waals surface area (Å²) in [6.45, 7) is 1.06. The van der Waals surface area contributed by atoms with Crippen molar-refractivity contribution in [1.29, 1.82) is 0 Å². The SMILES string of the molecule is OC1(C2CCCC2)CCCC1.OC1(C2CCCC2)CCCC1.OC1(C2CCCC2)CCCCC1.OC1([C@@H]2CCCN2)Cc2ccccc2C1. The first-order valence-electron chi connectivity index (χ1n) is 21.4. The fourth-order valence-electron chi connectivity index (χ4n) is 11.8. The summed E-state index contributed by atoms with van der Waals surface area (Å²) in [4.78, 5) is 0. The largest absolute Gasteiger partial charge is 0.390 e. The minimum Gasteiger partial charge on any atom is -0.390 e. The maximum atomic E-state index is 10.6. The topological polar surface area (TPSA) is 93.0 Å². The molecule has 1 heterocycles. The van der Waals surface area contributed by atoms with Crippen LogP contribution in [0, 0.1) is 17.8 Å². The number of rotatable bonds is 4. The lowest BCUT2D eigenvalue weighted by Crippen LogP contribution is -2.48. The van der Waals surface area contributed by atoms with Crippen LogP contribution < -0.4 is 5.32 Å². The van der Waals surface area contributed by atoms with Crippen molar-refractivity contribution in [3.63, 3.8) is 0 Å². The fourth-order valence-corrected chi connectivity index (χ4v) is 11.8. The molecule has 0 amide bonds. The molecule has 1 saturated heterocycles. The minimum absolute atomic E-state index is 0.226. The zero-order chi connectivity index (χ0) is 34.2. The maximum Gasteiger partial charge on any atom is 0.0880 e. The van der Waals surface area contributed by atoms with Crippen LogP contribution in [0.25, 0.3) is 0 Å². The average Bonchev–Trinajstić information content (AvgIpc) is 3.95. The molecule has 6 saturated carbocycles. The monoisotopic (exact) mass is 680 g/mol. The minimum atomic E-state index is -0.528.